The third-order valence-electron chi connectivity index (χ3n) is 4.09. The highest BCUT2D eigenvalue weighted by molar-refractivity contribution is 7.99. The molecule has 0 spiro atoms. The first-order valence-corrected chi connectivity index (χ1v) is 9.73. The number of nitrogens with zero attached hydrogens (tertiary/aromatic N) is 1. The fourth-order valence-corrected chi connectivity index (χ4v) is 3.71. The summed E-state index contributed by atoms with van der Waals surface area (Å²) in [4.78, 5) is 26.9. The molecule has 0 radical (unpaired) electrons. The van der Waals surface area contributed by atoms with E-state index in [2.05, 4.69) is 10.6 Å². The van der Waals surface area contributed by atoms with E-state index in [0.717, 1.165) is 30.2 Å². The lowest BCUT2D eigenvalue weighted by Crippen LogP contribution is -2.49. The zero-order valence-corrected chi connectivity index (χ0v) is 15.3. The van der Waals surface area contributed by atoms with Gasteiger partial charge < -0.3 is 15.5 Å². The largest absolute Gasteiger partial charge is 0.331 e. The molecule has 2 amide bonds. The standard InChI is InChI=1S/C18H27N3O2S/c1-3-10-21(17(22)12-16-13-24-11-9-19-16)14(2)18(23)20-15-7-5-4-6-8-15/h4-8,14,16,19H,3,9-13H2,1-2H3,(H,20,23). The van der Waals surface area contributed by atoms with E-state index in [-0.39, 0.29) is 17.9 Å². The minimum atomic E-state index is -0.478. The number of amides is 2. The van der Waals surface area contributed by atoms with Crippen molar-refractivity contribution >= 4 is 29.3 Å². The summed E-state index contributed by atoms with van der Waals surface area (Å²) < 4.78 is 0. The van der Waals surface area contributed by atoms with Crippen LogP contribution in [0.4, 0.5) is 5.69 Å². The van der Waals surface area contributed by atoms with Crippen LogP contribution in [0.1, 0.15) is 26.7 Å². The van der Waals surface area contributed by atoms with Crippen molar-refractivity contribution in [2.24, 2.45) is 0 Å². The molecule has 1 fully saturated rings. The van der Waals surface area contributed by atoms with Crippen LogP contribution in [0, 0.1) is 0 Å². The molecule has 1 aliphatic heterocycles. The number of hydrogen-bond donors (Lipinski definition) is 2. The molecule has 1 aromatic rings. The Morgan fingerprint density at radius 1 is 1.38 bits per heavy atom. The second kappa shape index (κ2) is 9.69. The Bertz CT molecular complexity index is 532. The van der Waals surface area contributed by atoms with E-state index in [1.807, 2.05) is 49.0 Å². The predicted molar refractivity (Wildman–Crippen MR) is 100 cm³/mol. The first-order valence-electron chi connectivity index (χ1n) is 8.58. The topological polar surface area (TPSA) is 61.4 Å². The van der Waals surface area contributed by atoms with Crippen molar-refractivity contribution in [3.05, 3.63) is 30.3 Å². The van der Waals surface area contributed by atoms with Crippen LogP contribution in [0.5, 0.6) is 0 Å². The molecule has 24 heavy (non-hydrogen) atoms. The van der Waals surface area contributed by atoms with Crippen LogP contribution < -0.4 is 10.6 Å². The normalized spacial score (nSPS) is 18.7. The average Bonchev–Trinajstić information content (AvgIpc) is 2.60. The second-order valence-corrected chi connectivity index (χ2v) is 7.20. The van der Waals surface area contributed by atoms with Gasteiger partial charge in [-0.15, -0.1) is 0 Å². The quantitative estimate of drug-likeness (QED) is 0.793. The number of hydrogen-bond acceptors (Lipinski definition) is 4. The van der Waals surface area contributed by atoms with Gasteiger partial charge in [-0.05, 0) is 25.5 Å². The molecule has 5 nitrogen and oxygen atoms in total. The fourth-order valence-electron chi connectivity index (χ4n) is 2.76. The Kier molecular flexibility index (Phi) is 7.59. The molecule has 2 unspecified atom stereocenters. The minimum Gasteiger partial charge on any atom is -0.331 e. The highest BCUT2D eigenvalue weighted by Gasteiger charge is 2.27. The lowest BCUT2D eigenvalue weighted by atomic mass is 10.1. The van der Waals surface area contributed by atoms with Gasteiger partial charge in [0.05, 0.1) is 0 Å². The second-order valence-electron chi connectivity index (χ2n) is 6.05. The SMILES string of the molecule is CCCN(C(=O)CC1CSCCN1)C(C)C(=O)Nc1ccccc1. The number of anilines is 1. The zero-order chi connectivity index (χ0) is 17.4. The zero-order valence-electron chi connectivity index (χ0n) is 14.5. The predicted octanol–water partition coefficient (Wildman–Crippen LogP) is 2.35. The molecule has 2 N–H and O–H groups in total. The molecule has 2 atom stereocenters. The number of carbonyl (C=O) groups is 2. The van der Waals surface area contributed by atoms with Gasteiger partial charge in [-0.1, -0.05) is 25.1 Å². The lowest BCUT2D eigenvalue weighted by molar-refractivity contribution is -0.138. The molecular weight excluding hydrogens is 322 g/mol. The molecule has 6 heteroatoms. The summed E-state index contributed by atoms with van der Waals surface area (Å²) in [7, 11) is 0. The molecule has 0 saturated carbocycles. The van der Waals surface area contributed by atoms with E-state index in [1.165, 1.54) is 0 Å². The summed E-state index contributed by atoms with van der Waals surface area (Å²) >= 11 is 1.87. The maximum Gasteiger partial charge on any atom is 0.246 e. The van der Waals surface area contributed by atoms with Gasteiger partial charge in [0.25, 0.3) is 0 Å². The molecule has 1 aromatic carbocycles. The van der Waals surface area contributed by atoms with Crippen molar-refractivity contribution < 1.29 is 9.59 Å². The van der Waals surface area contributed by atoms with Gasteiger partial charge in [-0.3, -0.25) is 9.59 Å². The van der Waals surface area contributed by atoms with E-state index in [1.54, 1.807) is 11.8 Å². The van der Waals surface area contributed by atoms with Crippen LogP contribution in [-0.2, 0) is 9.59 Å². The van der Waals surface area contributed by atoms with Gasteiger partial charge in [0.2, 0.25) is 11.8 Å². The molecule has 1 aliphatic rings. The molecule has 1 saturated heterocycles. The van der Waals surface area contributed by atoms with E-state index in [4.69, 9.17) is 0 Å². The lowest BCUT2D eigenvalue weighted by Gasteiger charge is -2.31. The molecule has 2 rings (SSSR count). The van der Waals surface area contributed by atoms with E-state index >= 15 is 0 Å². The third kappa shape index (κ3) is 5.53. The number of carbonyl (C=O) groups excluding carboxylic acids is 2. The molecule has 0 aromatic heterocycles. The molecule has 132 valence electrons. The summed E-state index contributed by atoms with van der Waals surface area (Å²) in [6.45, 7) is 5.37. The van der Waals surface area contributed by atoms with E-state index < -0.39 is 6.04 Å². The summed E-state index contributed by atoms with van der Waals surface area (Å²) in [5.41, 5.74) is 0.753. The maximum absolute atomic E-state index is 12.7. The number of nitrogens with one attached hydrogen (secondary N) is 2. The van der Waals surface area contributed by atoms with E-state index in [0.29, 0.717) is 13.0 Å². The van der Waals surface area contributed by atoms with Crippen LogP contribution in [-0.4, -0.2) is 53.4 Å². The van der Waals surface area contributed by atoms with Crippen LogP contribution in [0.25, 0.3) is 0 Å². The van der Waals surface area contributed by atoms with Crippen molar-refractivity contribution in [2.75, 3.05) is 29.9 Å². The van der Waals surface area contributed by atoms with Crippen molar-refractivity contribution in [1.29, 1.82) is 0 Å². The van der Waals surface area contributed by atoms with Crippen LogP contribution in [0.15, 0.2) is 30.3 Å². The number of rotatable bonds is 7. The summed E-state index contributed by atoms with van der Waals surface area (Å²) in [6.07, 6.45) is 1.29. The maximum atomic E-state index is 12.7. The number of benzene rings is 1. The van der Waals surface area contributed by atoms with Crippen LogP contribution in [0.2, 0.25) is 0 Å². The van der Waals surface area contributed by atoms with Gasteiger partial charge in [-0.2, -0.15) is 11.8 Å². The monoisotopic (exact) mass is 349 g/mol. The molecule has 0 aliphatic carbocycles. The van der Waals surface area contributed by atoms with Crippen LogP contribution in [0.3, 0.4) is 0 Å². The van der Waals surface area contributed by atoms with Crippen molar-refractivity contribution in [3.63, 3.8) is 0 Å². The summed E-state index contributed by atoms with van der Waals surface area (Å²) in [5.74, 6) is 1.96. The van der Waals surface area contributed by atoms with Crippen LogP contribution >= 0.6 is 11.8 Å². The summed E-state index contributed by atoms with van der Waals surface area (Å²) in [5, 5.41) is 6.27. The Labute approximate surface area is 148 Å². The number of thioether (sulfide) groups is 1. The van der Waals surface area contributed by atoms with Gasteiger partial charge in [0.1, 0.15) is 6.04 Å². The molecule has 1 heterocycles. The number of para-hydroxylation sites is 1. The third-order valence-corrected chi connectivity index (χ3v) is 5.22. The fraction of sp³-hybridized carbons (Fsp3) is 0.556. The minimum absolute atomic E-state index is 0.0487. The van der Waals surface area contributed by atoms with Crippen molar-refractivity contribution in [1.82, 2.24) is 10.2 Å². The first-order chi connectivity index (χ1) is 11.6. The Balaban J connectivity index is 1.96. The highest BCUT2D eigenvalue weighted by Crippen LogP contribution is 2.14. The van der Waals surface area contributed by atoms with E-state index in [9.17, 15) is 9.59 Å². The van der Waals surface area contributed by atoms with Gasteiger partial charge in [-0.25, -0.2) is 0 Å². The van der Waals surface area contributed by atoms with Crippen molar-refractivity contribution in [2.45, 2.75) is 38.8 Å². The Morgan fingerprint density at radius 3 is 2.75 bits per heavy atom. The Hall–Kier alpha value is -1.53. The average molecular weight is 350 g/mol. The smallest absolute Gasteiger partial charge is 0.246 e. The summed E-state index contributed by atoms with van der Waals surface area (Å²) in [6, 6.07) is 9.08. The molecular formula is C18H27N3O2S. The molecule has 0 bridgehead atoms. The van der Waals surface area contributed by atoms with Crippen molar-refractivity contribution in [3.8, 4) is 0 Å². The Morgan fingerprint density at radius 2 is 2.12 bits per heavy atom. The van der Waals surface area contributed by atoms with Gasteiger partial charge in [0, 0.05) is 42.7 Å². The van der Waals surface area contributed by atoms with Gasteiger partial charge in [0.15, 0.2) is 0 Å². The van der Waals surface area contributed by atoms with Gasteiger partial charge >= 0.3 is 0 Å². The first kappa shape index (κ1) is 18.8. The highest BCUT2D eigenvalue weighted by atomic mass is 32.2.